The number of thiophene rings is 1. The lowest BCUT2D eigenvalue weighted by molar-refractivity contribution is -0.129. The number of aliphatic hydroxyl groups is 1. The summed E-state index contributed by atoms with van der Waals surface area (Å²) in [5.74, 6) is -1.65. The zero-order chi connectivity index (χ0) is 32.2. The van der Waals surface area contributed by atoms with Crippen LogP contribution in [0, 0.1) is 11.6 Å². The number of aromatic nitrogens is 5. The number of hydrogen-bond acceptors (Lipinski definition) is 7. The van der Waals surface area contributed by atoms with Crippen LogP contribution in [-0.4, -0.2) is 58.2 Å². The minimum atomic E-state index is -0.982. The van der Waals surface area contributed by atoms with E-state index in [0.717, 1.165) is 17.1 Å². The van der Waals surface area contributed by atoms with E-state index in [-0.39, 0.29) is 35.9 Å². The van der Waals surface area contributed by atoms with Gasteiger partial charge in [0.1, 0.15) is 28.8 Å². The Balaban J connectivity index is 1.62. The van der Waals surface area contributed by atoms with Gasteiger partial charge in [-0.25, -0.2) is 13.8 Å². The summed E-state index contributed by atoms with van der Waals surface area (Å²) in [6.07, 6.45) is 4.44. The zero-order valence-electron chi connectivity index (χ0n) is 25.7. The van der Waals surface area contributed by atoms with Crippen molar-refractivity contribution in [1.29, 1.82) is 0 Å². The summed E-state index contributed by atoms with van der Waals surface area (Å²) in [6.45, 7) is 13.6. The van der Waals surface area contributed by atoms with E-state index in [9.17, 15) is 14.3 Å². The lowest BCUT2D eigenvalue weighted by atomic mass is 9.97. The van der Waals surface area contributed by atoms with Crippen LogP contribution in [0.4, 0.5) is 8.78 Å². The van der Waals surface area contributed by atoms with Crippen LogP contribution in [0.2, 0.25) is 0 Å². The molecule has 0 saturated heterocycles. The fourth-order valence-electron chi connectivity index (χ4n) is 5.72. The van der Waals surface area contributed by atoms with Gasteiger partial charge >= 0.3 is 0 Å². The highest BCUT2D eigenvalue weighted by atomic mass is 32.1. The number of ether oxygens (including phenoxy) is 1. The third-order valence-corrected chi connectivity index (χ3v) is 8.49. The molecule has 0 spiro atoms. The molecule has 0 bridgehead atoms. The molecule has 1 aromatic carbocycles. The normalized spacial score (nSPS) is 15.1. The molecule has 4 aromatic heterocycles. The minimum Gasteiger partial charge on any atom is -0.490 e. The highest BCUT2D eigenvalue weighted by Gasteiger charge is 2.31. The first kappa shape index (κ1) is 30.6. The number of pyridine rings is 1. The van der Waals surface area contributed by atoms with Crippen LogP contribution >= 0.6 is 11.3 Å². The van der Waals surface area contributed by atoms with Gasteiger partial charge in [0.2, 0.25) is 5.91 Å². The standard InChI is InChI=1S/C33H34F2N6O3S/c1-7-27(42)40-16-22-12-25(38-41(22)14-19(40)4)31-29(28-24(35)10-21(34)11-26(28)44-18(2)3)32-23(8-9-45-32)30(37-31)20-13-36-39(15-20)17-33(5,6)43/h7-13,15,18-19,43H,1,14,16-17H2,2-6H3. The first-order valence-corrected chi connectivity index (χ1v) is 15.5. The average molecular weight is 633 g/mol. The molecule has 1 N–H and O–H groups in total. The van der Waals surface area contributed by atoms with Crippen molar-refractivity contribution in [1.82, 2.24) is 29.4 Å². The molecule has 0 fully saturated rings. The van der Waals surface area contributed by atoms with Crippen LogP contribution in [0.15, 0.2) is 54.7 Å². The maximum atomic E-state index is 16.0. The van der Waals surface area contributed by atoms with Gasteiger partial charge in [-0.3, -0.25) is 14.2 Å². The van der Waals surface area contributed by atoms with Crippen LogP contribution in [0.1, 0.15) is 40.3 Å². The maximum absolute atomic E-state index is 16.0. The number of amides is 1. The van der Waals surface area contributed by atoms with E-state index in [4.69, 9.17) is 14.8 Å². The van der Waals surface area contributed by atoms with Crippen LogP contribution in [0.25, 0.3) is 43.9 Å². The summed E-state index contributed by atoms with van der Waals surface area (Å²) in [4.78, 5) is 19.4. The second-order valence-electron chi connectivity index (χ2n) is 12.2. The van der Waals surface area contributed by atoms with Crippen molar-refractivity contribution in [2.24, 2.45) is 0 Å². The van der Waals surface area contributed by atoms with E-state index in [2.05, 4.69) is 11.7 Å². The molecule has 5 heterocycles. The second kappa shape index (κ2) is 11.5. The van der Waals surface area contributed by atoms with Crippen molar-refractivity contribution in [3.63, 3.8) is 0 Å². The lowest BCUT2D eigenvalue weighted by Crippen LogP contribution is -2.44. The van der Waals surface area contributed by atoms with E-state index in [0.29, 0.717) is 46.0 Å². The Morgan fingerprint density at radius 1 is 1.24 bits per heavy atom. The van der Waals surface area contributed by atoms with E-state index in [1.807, 2.05) is 35.3 Å². The monoisotopic (exact) mass is 632 g/mol. The van der Waals surface area contributed by atoms with Gasteiger partial charge in [0, 0.05) is 45.6 Å². The highest BCUT2D eigenvalue weighted by molar-refractivity contribution is 7.18. The molecular weight excluding hydrogens is 598 g/mol. The van der Waals surface area contributed by atoms with Crippen molar-refractivity contribution >= 4 is 27.3 Å². The molecule has 0 aliphatic carbocycles. The molecule has 1 aliphatic rings. The van der Waals surface area contributed by atoms with Gasteiger partial charge in [-0.05, 0) is 58.2 Å². The molecule has 9 nitrogen and oxygen atoms in total. The van der Waals surface area contributed by atoms with Gasteiger partial charge in [-0.1, -0.05) is 6.58 Å². The Hall–Kier alpha value is -4.42. The number of nitrogens with zero attached hydrogens (tertiary/aromatic N) is 6. The number of rotatable bonds is 8. The van der Waals surface area contributed by atoms with Gasteiger partial charge in [0.25, 0.3) is 0 Å². The summed E-state index contributed by atoms with van der Waals surface area (Å²) < 4.78 is 40.7. The average Bonchev–Trinajstić information content (AvgIpc) is 3.70. The smallest absolute Gasteiger partial charge is 0.246 e. The van der Waals surface area contributed by atoms with Crippen LogP contribution in [-0.2, 0) is 24.4 Å². The fraction of sp³-hybridized carbons (Fsp3) is 0.333. The third kappa shape index (κ3) is 5.87. The van der Waals surface area contributed by atoms with Crippen molar-refractivity contribution in [2.75, 3.05) is 0 Å². The summed E-state index contributed by atoms with van der Waals surface area (Å²) in [6, 6.07) is 5.67. The highest BCUT2D eigenvalue weighted by Crippen LogP contribution is 2.47. The Bertz CT molecular complexity index is 1940. The van der Waals surface area contributed by atoms with E-state index in [1.165, 1.54) is 23.5 Å². The molecule has 6 rings (SSSR count). The first-order valence-electron chi connectivity index (χ1n) is 14.7. The summed E-state index contributed by atoms with van der Waals surface area (Å²) in [5, 5.41) is 22.4. The van der Waals surface area contributed by atoms with Crippen LogP contribution in [0.3, 0.4) is 0 Å². The van der Waals surface area contributed by atoms with E-state index < -0.39 is 17.2 Å². The number of halogens is 2. The van der Waals surface area contributed by atoms with Gasteiger partial charge in [-0.2, -0.15) is 10.2 Å². The Labute approximate surface area is 263 Å². The van der Waals surface area contributed by atoms with Crippen molar-refractivity contribution in [2.45, 2.75) is 72.0 Å². The van der Waals surface area contributed by atoms with Crippen molar-refractivity contribution < 1.29 is 23.4 Å². The first-order chi connectivity index (χ1) is 21.3. The number of carbonyl (C=O) groups is 1. The Morgan fingerprint density at radius 2 is 2.02 bits per heavy atom. The number of hydrogen-bond donors (Lipinski definition) is 1. The predicted octanol–water partition coefficient (Wildman–Crippen LogP) is 6.44. The molecule has 0 saturated carbocycles. The molecule has 1 amide bonds. The third-order valence-electron chi connectivity index (χ3n) is 7.56. The summed E-state index contributed by atoms with van der Waals surface area (Å²) in [7, 11) is 0. The topological polar surface area (TPSA) is 98.3 Å². The second-order valence-corrected chi connectivity index (χ2v) is 13.2. The lowest BCUT2D eigenvalue weighted by Gasteiger charge is -2.33. The molecule has 1 aliphatic heterocycles. The summed E-state index contributed by atoms with van der Waals surface area (Å²) >= 11 is 1.40. The van der Waals surface area contributed by atoms with Gasteiger partial charge in [0.05, 0.1) is 54.5 Å². The fourth-order valence-corrected chi connectivity index (χ4v) is 6.67. The van der Waals surface area contributed by atoms with Crippen molar-refractivity contribution in [3.05, 3.63) is 72.0 Å². The minimum absolute atomic E-state index is 0.0614. The molecule has 1 unspecified atom stereocenters. The van der Waals surface area contributed by atoms with E-state index in [1.54, 1.807) is 43.5 Å². The number of benzene rings is 1. The van der Waals surface area contributed by atoms with Gasteiger partial charge in [-0.15, -0.1) is 11.3 Å². The van der Waals surface area contributed by atoms with Crippen LogP contribution < -0.4 is 4.74 Å². The molecule has 1 atom stereocenters. The molecule has 45 heavy (non-hydrogen) atoms. The molecule has 0 radical (unpaired) electrons. The molecule has 12 heteroatoms. The quantitative estimate of drug-likeness (QED) is 0.198. The molecule has 5 aromatic rings. The van der Waals surface area contributed by atoms with E-state index >= 15 is 4.39 Å². The number of fused-ring (bicyclic) bond motifs is 2. The number of carbonyl (C=O) groups excluding carboxylic acids is 1. The largest absolute Gasteiger partial charge is 0.490 e. The molecular formula is C33H34F2N6O3S. The zero-order valence-corrected chi connectivity index (χ0v) is 26.5. The van der Waals surface area contributed by atoms with Crippen LogP contribution in [0.5, 0.6) is 5.75 Å². The SMILES string of the molecule is C=CC(=O)N1Cc2cc(-c3nc(-c4cnn(CC(C)(C)O)c4)c4ccsc4c3-c3c(F)cc(F)cc3OC(C)C)nn2CC1C. The maximum Gasteiger partial charge on any atom is 0.246 e. The summed E-state index contributed by atoms with van der Waals surface area (Å²) in [5.41, 5.74) is 2.48. The van der Waals surface area contributed by atoms with Crippen molar-refractivity contribution in [3.8, 4) is 39.5 Å². The Morgan fingerprint density at radius 3 is 2.73 bits per heavy atom. The van der Waals surface area contributed by atoms with Gasteiger partial charge in [0.15, 0.2) is 0 Å². The Kier molecular flexibility index (Phi) is 7.82. The molecule has 234 valence electrons. The van der Waals surface area contributed by atoms with Gasteiger partial charge < -0.3 is 14.7 Å². The predicted molar refractivity (Wildman–Crippen MR) is 170 cm³/mol.